The third-order valence-electron chi connectivity index (χ3n) is 6.87. The zero-order valence-electron chi connectivity index (χ0n) is 23.7. The number of carbonyl (C=O) groups is 2. The molecule has 0 spiro atoms. The molecule has 0 saturated heterocycles. The summed E-state index contributed by atoms with van der Waals surface area (Å²) in [5, 5.41) is 2.96. The highest BCUT2D eigenvalue weighted by Gasteiger charge is 2.34. The molecule has 1 N–H and O–H groups in total. The number of anilines is 1. The maximum atomic E-state index is 14.8. The molecule has 7 nitrogen and oxygen atoms in total. The van der Waals surface area contributed by atoms with E-state index in [0.29, 0.717) is 17.7 Å². The van der Waals surface area contributed by atoms with Gasteiger partial charge in [0.15, 0.2) is 0 Å². The van der Waals surface area contributed by atoms with Crippen molar-refractivity contribution in [1.82, 2.24) is 10.2 Å². The van der Waals surface area contributed by atoms with Crippen molar-refractivity contribution >= 4 is 27.5 Å². The summed E-state index contributed by atoms with van der Waals surface area (Å²) >= 11 is 0. The number of aryl methyl sites for hydroxylation is 2. The highest BCUT2D eigenvalue weighted by Crippen LogP contribution is 2.25. The molecule has 3 aromatic rings. The molecular formula is C31H38FN3O4S. The van der Waals surface area contributed by atoms with Crippen molar-refractivity contribution in [3.05, 3.63) is 101 Å². The van der Waals surface area contributed by atoms with Crippen molar-refractivity contribution < 1.29 is 22.4 Å². The minimum absolute atomic E-state index is 0.154. The Morgan fingerprint density at radius 3 is 2.23 bits per heavy atom. The maximum absolute atomic E-state index is 14.8. The summed E-state index contributed by atoms with van der Waals surface area (Å²) < 4.78 is 41.7. The van der Waals surface area contributed by atoms with Gasteiger partial charge in [0, 0.05) is 24.6 Å². The maximum Gasteiger partial charge on any atom is 0.244 e. The van der Waals surface area contributed by atoms with Gasteiger partial charge in [0.2, 0.25) is 21.8 Å². The summed E-state index contributed by atoms with van der Waals surface area (Å²) in [7, 11) is -3.88. The van der Waals surface area contributed by atoms with Crippen molar-refractivity contribution in [1.29, 1.82) is 0 Å². The monoisotopic (exact) mass is 567 g/mol. The Labute approximate surface area is 237 Å². The average Bonchev–Trinajstić information content (AvgIpc) is 2.90. The van der Waals surface area contributed by atoms with Gasteiger partial charge in [-0.15, -0.1) is 0 Å². The first kappa shape index (κ1) is 30.8. The molecule has 3 rings (SSSR count). The largest absolute Gasteiger partial charge is 0.352 e. The van der Waals surface area contributed by atoms with Crippen LogP contribution in [0.3, 0.4) is 0 Å². The first-order valence-corrected chi connectivity index (χ1v) is 15.2. The van der Waals surface area contributed by atoms with E-state index < -0.39 is 34.3 Å². The van der Waals surface area contributed by atoms with Crippen LogP contribution >= 0.6 is 0 Å². The van der Waals surface area contributed by atoms with Crippen molar-refractivity contribution in [2.24, 2.45) is 0 Å². The second-order valence-corrected chi connectivity index (χ2v) is 12.1. The highest BCUT2D eigenvalue weighted by molar-refractivity contribution is 7.92. The number of nitrogens with zero attached hydrogens (tertiary/aromatic N) is 2. The summed E-state index contributed by atoms with van der Waals surface area (Å²) in [5.74, 6) is -1.52. The van der Waals surface area contributed by atoms with Gasteiger partial charge in [-0.2, -0.15) is 0 Å². The molecule has 0 aliphatic rings. The summed E-state index contributed by atoms with van der Waals surface area (Å²) in [6.45, 7) is 6.73. The van der Waals surface area contributed by atoms with Crippen LogP contribution in [0, 0.1) is 19.7 Å². The average molecular weight is 568 g/mol. The Morgan fingerprint density at radius 1 is 0.975 bits per heavy atom. The Hall–Kier alpha value is -3.72. The molecule has 0 aromatic heterocycles. The standard InChI is InChI=1S/C31H38FN3O4S/c1-6-24(4)33-31(37)29(19-25-12-8-7-9-13-25)34(20-26-14-10-11-15-27(26)32)30(36)21-35(40(5,38)39)28-17-16-22(2)18-23(28)3/h7-18,24,29H,6,19-21H2,1-5H3,(H,33,37)/t24-,29-/m1/s1. The lowest BCUT2D eigenvalue weighted by Gasteiger charge is -2.34. The van der Waals surface area contributed by atoms with Gasteiger partial charge >= 0.3 is 0 Å². The van der Waals surface area contributed by atoms with E-state index in [9.17, 15) is 22.4 Å². The van der Waals surface area contributed by atoms with Crippen LogP contribution in [0.1, 0.15) is 42.5 Å². The van der Waals surface area contributed by atoms with Crippen LogP contribution in [0.5, 0.6) is 0 Å². The molecule has 9 heteroatoms. The third kappa shape index (κ3) is 8.14. The van der Waals surface area contributed by atoms with Gasteiger partial charge < -0.3 is 10.2 Å². The molecule has 0 unspecified atom stereocenters. The Kier molecular flexibility index (Phi) is 10.5. The first-order chi connectivity index (χ1) is 18.9. The summed E-state index contributed by atoms with van der Waals surface area (Å²) in [5.41, 5.74) is 3.05. The number of carbonyl (C=O) groups excluding carboxylic acids is 2. The van der Waals surface area contributed by atoms with E-state index in [4.69, 9.17) is 0 Å². The minimum Gasteiger partial charge on any atom is -0.352 e. The lowest BCUT2D eigenvalue weighted by atomic mass is 10.0. The van der Waals surface area contributed by atoms with Crippen molar-refractivity contribution in [2.75, 3.05) is 17.1 Å². The molecule has 0 fully saturated rings. The molecule has 0 bridgehead atoms. The number of hydrogen-bond acceptors (Lipinski definition) is 4. The summed E-state index contributed by atoms with van der Waals surface area (Å²) in [4.78, 5) is 29.0. The van der Waals surface area contributed by atoms with E-state index in [-0.39, 0.29) is 30.5 Å². The second kappa shape index (κ2) is 13.6. The van der Waals surface area contributed by atoms with E-state index in [1.54, 1.807) is 37.3 Å². The summed E-state index contributed by atoms with van der Waals surface area (Å²) in [6, 6.07) is 19.4. The lowest BCUT2D eigenvalue weighted by molar-refractivity contribution is -0.140. The second-order valence-electron chi connectivity index (χ2n) is 10.2. The number of benzene rings is 3. The predicted molar refractivity (Wildman–Crippen MR) is 157 cm³/mol. The molecule has 0 radical (unpaired) electrons. The van der Waals surface area contributed by atoms with E-state index >= 15 is 0 Å². The van der Waals surface area contributed by atoms with Gasteiger partial charge in [0.1, 0.15) is 18.4 Å². The minimum atomic E-state index is -3.88. The molecule has 214 valence electrons. The van der Waals surface area contributed by atoms with E-state index in [2.05, 4.69) is 5.32 Å². The smallest absolute Gasteiger partial charge is 0.244 e. The van der Waals surface area contributed by atoms with Crippen LogP contribution in [-0.4, -0.2) is 50.0 Å². The molecule has 0 aliphatic heterocycles. The van der Waals surface area contributed by atoms with Crippen LogP contribution in [0.4, 0.5) is 10.1 Å². The van der Waals surface area contributed by atoms with Crippen molar-refractivity contribution in [3.8, 4) is 0 Å². The molecule has 40 heavy (non-hydrogen) atoms. The van der Waals surface area contributed by atoms with Crippen molar-refractivity contribution in [3.63, 3.8) is 0 Å². The topological polar surface area (TPSA) is 86.8 Å². The van der Waals surface area contributed by atoms with Gasteiger partial charge in [-0.3, -0.25) is 13.9 Å². The van der Waals surface area contributed by atoms with Crippen LogP contribution in [0.15, 0.2) is 72.8 Å². The fourth-order valence-electron chi connectivity index (χ4n) is 4.49. The zero-order chi connectivity index (χ0) is 29.4. The Morgan fingerprint density at radius 2 is 1.62 bits per heavy atom. The SMILES string of the molecule is CC[C@@H](C)NC(=O)[C@@H](Cc1ccccc1)N(Cc1ccccc1F)C(=O)CN(c1ccc(C)cc1C)S(C)(=O)=O. The Bertz CT molecular complexity index is 1430. The van der Waals surface area contributed by atoms with E-state index in [1.165, 1.54) is 11.0 Å². The van der Waals surface area contributed by atoms with Gasteiger partial charge in [-0.05, 0) is 50.5 Å². The number of nitrogens with one attached hydrogen (secondary N) is 1. The fraction of sp³-hybridized carbons (Fsp3) is 0.355. The molecule has 0 heterocycles. The normalized spacial score (nSPS) is 12.8. The van der Waals surface area contributed by atoms with Gasteiger partial charge in [0.25, 0.3) is 0 Å². The van der Waals surface area contributed by atoms with Crippen LogP contribution in [0.25, 0.3) is 0 Å². The van der Waals surface area contributed by atoms with Crippen LogP contribution < -0.4 is 9.62 Å². The van der Waals surface area contributed by atoms with Crippen LogP contribution in [0.2, 0.25) is 0 Å². The number of sulfonamides is 1. The van der Waals surface area contributed by atoms with Gasteiger partial charge in [-0.1, -0.05) is 73.2 Å². The van der Waals surface area contributed by atoms with E-state index in [0.717, 1.165) is 21.7 Å². The molecule has 2 atom stereocenters. The molecule has 3 aromatic carbocycles. The van der Waals surface area contributed by atoms with Gasteiger partial charge in [0.05, 0.1) is 11.9 Å². The van der Waals surface area contributed by atoms with Crippen molar-refractivity contribution in [2.45, 2.75) is 59.2 Å². The number of hydrogen-bond donors (Lipinski definition) is 1. The third-order valence-corrected chi connectivity index (χ3v) is 8.00. The quantitative estimate of drug-likeness (QED) is 0.342. The molecular weight excluding hydrogens is 529 g/mol. The lowest BCUT2D eigenvalue weighted by Crippen LogP contribution is -2.54. The number of amides is 2. The summed E-state index contributed by atoms with van der Waals surface area (Å²) in [6.07, 6.45) is 1.89. The number of halogens is 1. The Balaban J connectivity index is 2.09. The fourth-order valence-corrected chi connectivity index (χ4v) is 5.39. The first-order valence-electron chi connectivity index (χ1n) is 13.3. The molecule has 0 aliphatic carbocycles. The van der Waals surface area contributed by atoms with Gasteiger partial charge in [-0.25, -0.2) is 12.8 Å². The predicted octanol–water partition coefficient (Wildman–Crippen LogP) is 4.76. The zero-order valence-corrected chi connectivity index (χ0v) is 24.5. The molecule has 2 amide bonds. The highest BCUT2D eigenvalue weighted by atomic mass is 32.2. The van der Waals surface area contributed by atoms with E-state index in [1.807, 2.05) is 57.2 Å². The molecule has 0 saturated carbocycles. The van der Waals surface area contributed by atoms with Crippen LogP contribution in [-0.2, 0) is 32.6 Å². The number of rotatable bonds is 12.